The van der Waals surface area contributed by atoms with E-state index in [0.29, 0.717) is 36.3 Å². The van der Waals surface area contributed by atoms with Crippen molar-refractivity contribution in [2.24, 2.45) is 52.5 Å². The quantitative estimate of drug-likeness (QED) is 0.0717. The first-order valence-corrected chi connectivity index (χ1v) is 37.2. The van der Waals surface area contributed by atoms with Gasteiger partial charge < -0.3 is 99.5 Å². The van der Waals surface area contributed by atoms with Crippen LogP contribution in [-0.4, -0.2) is 255 Å². The minimum atomic E-state index is -2.84. The molecule has 3 fully saturated rings. The number of phenolic OH excluding ortho intramolecular Hbond substituents is 4. The molecule has 618 valence electrons. The summed E-state index contributed by atoms with van der Waals surface area (Å²) in [6.07, 6.45) is 0.199. The van der Waals surface area contributed by atoms with Crippen LogP contribution in [0.25, 0.3) is 28.1 Å². The number of Topliss-reactive ketones (excluding diaryl/α,β-unsaturated/α-hetero) is 6. The number of hydrogen-bond donors (Lipinski definition) is 18. The second-order valence-electron chi connectivity index (χ2n) is 31.6. The Hall–Kier alpha value is -10.3. The number of carbonyl (C=O) groups excluding carboxylic acids is 9. The van der Waals surface area contributed by atoms with Gasteiger partial charge in [0.15, 0.2) is 40.0 Å². The molecule has 0 bridgehead atoms. The molecule has 36 heteroatoms. The lowest BCUT2D eigenvalue weighted by atomic mass is 9.57. The molecule has 115 heavy (non-hydrogen) atoms. The molecular formula is C79H92ClF3N10O22. The monoisotopic (exact) mass is 1620 g/mol. The summed E-state index contributed by atoms with van der Waals surface area (Å²) in [5.41, 5.74) is 10.9. The number of amides is 3. The first-order chi connectivity index (χ1) is 53.8. The van der Waals surface area contributed by atoms with Crippen molar-refractivity contribution < 1.29 is 123 Å². The van der Waals surface area contributed by atoms with Crippen LogP contribution in [0.4, 0.5) is 18.9 Å². The van der Waals surface area contributed by atoms with E-state index in [0.717, 1.165) is 25.3 Å². The van der Waals surface area contributed by atoms with Gasteiger partial charge >= 0.3 is 6.08 Å². The van der Waals surface area contributed by atoms with Crippen LogP contribution in [0.2, 0.25) is 5.02 Å². The van der Waals surface area contributed by atoms with Crippen LogP contribution in [0.3, 0.4) is 0 Å². The Morgan fingerprint density at radius 3 is 1.45 bits per heavy atom. The van der Waals surface area contributed by atoms with Crippen molar-refractivity contribution in [2.75, 3.05) is 81.0 Å². The average Bonchev–Trinajstić information content (AvgIpc) is 0.706. The van der Waals surface area contributed by atoms with Crippen molar-refractivity contribution in [2.45, 2.75) is 125 Å². The van der Waals surface area contributed by atoms with Crippen molar-refractivity contribution >= 4 is 97.8 Å². The number of rotatable bonds is 16. The minimum Gasteiger partial charge on any atom is -0.508 e. The molecule has 9 aliphatic rings. The van der Waals surface area contributed by atoms with E-state index >= 15 is 0 Å². The number of ketones is 6. The number of piperidine rings is 1. The maximum absolute atomic E-state index is 15.0. The molecule has 3 amide bonds. The number of benzene rings is 4. The van der Waals surface area contributed by atoms with Crippen molar-refractivity contribution in [3.8, 4) is 23.0 Å². The van der Waals surface area contributed by atoms with E-state index in [-0.39, 0.29) is 131 Å². The van der Waals surface area contributed by atoms with E-state index in [1.807, 2.05) is 30.8 Å². The van der Waals surface area contributed by atoms with Gasteiger partial charge in [-0.05, 0) is 166 Å². The number of fused-ring (bicyclic) bond motifs is 9. The Bertz CT molecular complexity index is 5120. The Kier molecular flexibility index (Phi) is 23.3. The maximum atomic E-state index is 15.0. The zero-order chi connectivity index (χ0) is 85.2. The van der Waals surface area contributed by atoms with E-state index in [1.165, 1.54) is 55.0 Å². The van der Waals surface area contributed by atoms with Crippen LogP contribution in [0.1, 0.15) is 106 Å². The molecule has 2 unspecified atom stereocenters. The Balaban J connectivity index is 0.000000171. The highest BCUT2D eigenvalue weighted by Crippen LogP contribution is 2.58. The first kappa shape index (κ1) is 85.6. The zero-order valence-corrected chi connectivity index (χ0v) is 64.9. The third-order valence-corrected chi connectivity index (χ3v) is 24.4. The molecule has 0 aromatic heterocycles. The molecule has 32 nitrogen and oxygen atoms in total. The lowest BCUT2D eigenvalue weighted by molar-refractivity contribution is -0.155. The van der Waals surface area contributed by atoms with E-state index < -0.39 is 203 Å². The van der Waals surface area contributed by atoms with Gasteiger partial charge in [-0.2, -0.15) is 8.78 Å². The number of likely N-dealkylation sites (tertiary alicyclic amines) is 1. The Labute approximate surface area is 660 Å². The smallest absolute Gasteiger partial charge is 0.306 e. The third-order valence-electron chi connectivity index (χ3n) is 24.1. The number of halogens is 4. The van der Waals surface area contributed by atoms with Crippen LogP contribution in [0.15, 0.2) is 75.5 Å². The van der Waals surface area contributed by atoms with Crippen LogP contribution in [-0.2, 0) is 77.3 Å². The molecule has 1 heterocycles. The third kappa shape index (κ3) is 13.5. The van der Waals surface area contributed by atoms with E-state index in [9.17, 15) is 123 Å². The van der Waals surface area contributed by atoms with Gasteiger partial charge in [-0.1, -0.05) is 18.0 Å². The average molecular weight is 1630 g/mol. The highest BCUT2D eigenvalue weighted by Gasteiger charge is 2.67. The summed E-state index contributed by atoms with van der Waals surface area (Å²) < 4.78 is 42.2. The number of nitrogens with one attached hydrogen (secondary N) is 1. The number of likely N-dealkylation sites (N-methyl/N-ethyl adjacent to an activating group) is 3. The Morgan fingerprint density at radius 1 is 0.574 bits per heavy atom. The van der Waals surface area contributed by atoms with Crippen LogP contribution in [0, 0.1) is 29.6 Å². The normalized spacial score (nSPS) is 26.8. The van der Waals surface area contributed by atoms with Gasteiger partial charge in [0.25, 0.3) is 17.7 Å². The SMILES string of the molecule is CC(CCO)NCc1cc(N(C)C)c2c(c1O)C(O)=C1C(=O)[C@]3(O)C(O)=C(C(N)=O)C(=O)[C@H](N(C)C)[C@@H]3C[C@@H]1C2.CN(C)C1C(=O)C(C(N)=O)=C(O)[C@@]2(O)C(=O)c3c(cc4c(Cl)cc(CN)c(O)c4c3O)C[C@@H]12.CN(C)[C@@H]1C(=O)C(C(N)=O)=C(O)[C@@]2(O)C(=O)C3=C(O)c4c(O)c(CN5CCCCC5)cc(C(F)=C(F)F)c4C[C@H]3C[C@@H]12. The van der Waals surface area contributed by atoms with Crippen LogP contribution < -0.4 is 33.2 Å². The van der Waals surface area contributed by atoms with Gasteiger partial charge in [-0.3, -0.25) is 62.8 Å². The van der Waals surface area contributed by atoms with Gasteiger partial charge in [0.2, 0.25) is 17.3 Å². The first-order valence-electron chi connectivity index (χ1n) is 36.9. The number of hydrogen-bond acceptors (Lipinski definition) is 29. The van der Waals surface area contributed by atoms with Crippen molar-refractivity contribution in [1.29, 1.82) is 0 Å². The summed E-state index contributed by atoms with van der Waals surface area (Å²) in [5, 5.41) is 148. The fraction of sp³-hybridized carbons (Fsp3) is 0.456. The van der Waals surface area contributed by atoms with E-state index in [1.54, 1.807) is 20.2 Å². The fourth-order valence-electron chi connectivity index (χ4n) is 18.6. The van der Waals surface area contributed by atoms with Crippen molar-refractivity contribution in [3.63, 3.8) is 0 Å². The van der Waals surface area contributed by atoms with Crippen LogP contribution in [0.5, 0.6) is 23.0 Å². The van der Waals surface area contributed by atoms with Gasteiger partial charge in [-0.25, -0.2) is 4.39 Å². The highest BCUT2D eigenvalue weighted by molar-refractivity contribution is 6.37. The Morgan fingerprint density at radius 2 is 1.02 bits per heavy atom. The number of carbonyl (C=O) groups is 9. The lowest BCUT2D eigenvalue weighted by Crippen LogP contribution is -2.65. The highest BCUT2D eigenvalue weighted by atomic mass is 35.5. The number of primary amides is 3. The largest absolute Gasteiger partial charge is 0.508 e. The fourth-order valence-corrected chi connectivity index (χ4v) is 18.9. The zero-order valence-electron chi connectivity index (χ0n) is 64.2. The molecular weight excluding hydrogens is 1530 g/mol. The molecule has 13 rings (SSSR count). The second-order valence-corrected chi connectivity index (χ2v) is 32.0. The molecule has 2 saturated carbocycles. The molecule has 0 spiro atoms. The van der Waals surface area contributed by atoms with E-state index in [2.05, 4.69) is 5.32 Å². The van der Waals surface area contributed by atoms with Crippen molar-refractivity contribution in [1.82, 2.24) is 24.9 Å². The molecule has 12 atom stereocenters. The number of nitrogens with two attached hydrogens (primary N) is 4. The standard InChI is InChI=1S/C29H32F3N3O7.C28H38N4O8.C22H22ClN3O7/c1-34(2)21-16-10-12-8-14-15(20(30)27(31)32)9-13(11-35-6-4-3-5-7-35)22(36)18(14)23(37)17(12)25(39)29(16,42)26(40)19(24(21)38)28(33)41;1-12(6-7-33)30-11-14-10-17(31(2)3)15-8-13-9-16-21(32(4)5)24(36)20(27(29)39)26(38)28(16,40)25(37)18(13)23(35)19(15)22(14)34;1-26(2)15-10-4-7-3-9-11(23)5-8(6-24)16(27)13(9)17(28)12(7)19(30)22(10,33)20(31)14(18(15)29)21(25)32/h9,12,16,21,36-37,40,42H,3-8,10-11H2,1-2H3,(H2,33,41);10,12-13,16,21,30,33-35,38,40H,6-9,11H2,1-5H3,(H2,29,39);3,5,10,15,27-28,31,33H,4,6,24H2,1-2H3,(H2,25,32)/t12-,16-,21-,29-;12?,13-,16-,21+,28-;10-,15?,22-/m000/s1. The molecule has 22 N–H and O–H groups in total. The predicted molar refractivity (Wildman–Crippen MR) is 408 cm³/mol. The summed E-state index contributed by atoms with van der Waals surface area (Å²) in [6, 6.07) is 2.17. The summed E-state index contributed by atoms with van der Waals surface area (Å²) >= 11 is 6.33. The second kappa shape index (κ2) is 31.4. The van der Waals surface area contributed by atoms with Gasteiger partial charge in [0.05, 0.1) is 40.2 Å². The molecule has 1 saturated heterocycles. The number of anilines is 1. The summed E-state index contributed by atoms with van der Waals surface area (Å²) in [7, 11) is 12.7. The lowest BCUT2D eigenvalue weighted by Gasteiger charge is -2.50. The molecule has 4 aromatic carbocycles. The summed E-state index contributed by atoms with van der Waals surface area (Å²) in [4.78, 5) is 125. The summed E-state index contributed by atoms with van der Waals surface area (Å²) in [5.74, 6) is -23.8. The molecule has 4 aromatic rings. The number of phenols is 4. The molecule has 1 aliphatic heterocycles. The van der Waals surface area contributed by atoms with Gasteiger partial charge in [-0.15, -0.1) is 0 Å². The van der Waals surface area contributed by atoms with Gasteiger partial charge in [0.1, 0.15) is 68.5 Å². The van der Waals surface area contributed by atoms with Gasteiger partial charge in [0, 0.05) is 114 Å². The van der Waals surface area contributed by atoms with Crippen molar-refractivity contribution in [3.05, 3.63) is 136 Å². The number of nitrogens with zero attached hydrogens (tertiary/aromatic N) is 5. The number of aliphatic hydroxyl groups is 9. The number of aromatic hydroxyl groups is 4. The molecule has 0 radical (unpaired) electrons. The van der Waals surface area contributed by atoms with E-state index in [4.69, 9.17) is 34.5 Å². The molecule has 8 aliphatic carbocycles. The predicted octanol–water partition coefficient (Wildman–Crippen LogP) is 2.63. The maximum Gasteiger partial charge on any atom is 0.306 e. The minimum absolute atomic E-state index is 0.00733. The van der Waals surface area contributed by atoms with Crippen LogP contribution >= 0.6 is 11.6 Å². The topological polar surface area (TPSA) is 549 Å². The summed E-state index contributed by atoms with van der Waals surface area (Å²) in [6.45, 7) is 3.37. The number of aliphatic hydroxyl groups excluding tert-OH is 6.